The average Bonchev–Trinajstić information content (AvgIpc) is 2.84. The summed E-state index contributed by atoms with van der Waals surface area (Å²) in [6.07, 6.45) is 0. The summed E-state index contributed by atoms with van der Waals surface area (Å²) in [6, 6.07) is 11.2. The SMILES string of the molecule is CN1Cc2cccc(OC(F)F)c2Cn2c(nc3ccc(Br)cc32)C1. The molecule has 0 amide bonds. The lowest BCUT2D eigenvalue weighted by Gasteiger charge is -2.25. The van der Waals surface area contributed by atoms with Crippen LogP contribution in [0.25, 0.3) is 11.0 Å². The maximum Gasteiger partial charge on any atom is 0.387 e. The van der Waals surface area contributed by atoms with Crippen molar-refractivity contribution in [3.8, 4) is 5.75 Å². The molecule has 0 N–H and O–H groups in total. The predicted molar refractivity (Wildman–Crippen MR) is 94.8 cm³/mol. The van der Waals surface area contributed by atoms with Crippen LogP contribution in [-0.2, 0) is 19.6 Å². The fourth-order valence-corrected chi connectivity index (χ4v) is 3.68. The largest absolute Gasteiger partial charge is 0.434 e. The number of halogens is 3. The lowest BCUT2D eigenvalue weighted by atomic mass is 10.0. The standard InChI is InChI=1S/C18H16BrF2N3O/c1-23-8-11-3-2-4-16(25-18(20)21)13(11)9-24-15-7-12(19)5-6-14(15)22-17(24)10-23/h2-7,18H,8-10H2,1H3. The smallest absolute Gasteiger partial charge is 0.387 e. The number of nitrogens with zero attached hydrogens (tertiary/aromatic N) is 3. The van der Waals surface area contributed by atoms with E-state index in [4.69, 9.17) is 9.72 Å². The van der Waals surface area contributed by atoms with Gasteiger partial charge in [-0.3, -0.25) is 4.90 Å². The first-order valence-electron chi connectivity index (χ1n) is 7.90. The highest BCUT2D eigenvalue weighted by molar-refractivity contribution is 9.10. The molecular formula is C18H16BrF2N3O. The Morgan fingerprint density at radius 3 is 2.80 bits per heavy atom. The van der Waals surface area contributed by atoms with Gasteiger partial charge in [-0.15, -0.1) is 0 Å². The number of rotatable bonds is 2. The van der Waals surface area contributed by atoms with Gasteiger partial charge >= 0.3 is 6.61 Å². The van der Waals surface area contributed by atoms with Crippen molar-refractivity contribution in [2.45, 2.75) is 26.2 Å². The van der Waals surface area contributed by atoms with Gasteiger partial charge in [-0.25, -0.2) is 4.98 Å². The van der Waals surface area contributed by atoms with Crippen LogP contribution < -0.4 is 4.74 Å². The molecule has 1 aliphatic rings. The second-order valence-electron chi connectivity index (χ2n) is 6.19. The molecule has 7 heteroatoms. The van der Waals surface area contributed by atoms with E-state index >= 15 is 0 Å². The molecule has 0 saturated heterocycles. The molecule has 0 spiro atoms. The monoisotopic (exact) mass is 407 g/mol. The lowest BCUT2D eigenvalue weighted by molar-refractivity contribution is -0.0505. The van der Waals surface area contributed by atoms with Gasteiger partial charge in [0.15, 0.2) is 0 Å². The summed E-state index contributed by atoms with van der Waals surface area (Å²) in [5.74, 6) is 1.14. The van der Waals surface area contributed by atoms with Gasteiger partial charge in [0, 0.05) is 16.6 Å². The van der Waals surface area contributed by atoms with Gasteiger partial charge in [-0.2, -0.15) is 8.78 Å². The molecule has 0 saturated carbocycles. The zero-order valence-corrected chi connectivity index (χ0v) is 15.1. The number of benzene rings is 2. The number of alkyl halides is 2. The van der Waals surface area contributed by atoms with Crippen molar-refractivity contribution in [3.05, 3.63) is 57.8 Å². The molecular weight excluding hydrogens is 392 g/mol. The Morgan fingerprint density at radius 2 is 2.00 bits per heavy atom. The van der Waals surface area contributed by atoms with E-state index in [-0.39, 0.29) is 5.75 Å². The van der Waals surface area contributed by atoms with Gasteiger partial charge in [-0.1, -0.05) is 28.1 Å². The molecule has 130 valence electrons. The molecule has 0 aliphatic carbocycles. The topological polar surface area (TPSA) is 30.3 Å². The first-order valence-corrected chi connectivity index (χ1v) is 8.69. The molecule has 0 fully saturated rings. The van der Waals surface area contributed by atoms with Crippen LogP contribution in [0.2, 0.25) is 0 Å². The summed E-state index contributed by atoms with van der Waals surface area (Å²) in [6.45, 7) is -1.05. The molecule has 0 bridgehead atoms. The molecule has 2 aromatic carbocycles. The second-order valence-corrected chi connectivity index (χ2v) is 7.11. The van der Waals surface area contributed by atoms with Crippen LogP contribution >= 0.6 is 15.9 Å². The van der Waals surface area contributed by atoms with E-state index in [0.717, 1.165) is 32.5 Å². The molecule has 2 heterocycles. The number of fused-ring (bicyclic) bond motifs is 4. The third-order valence-corrected chi connectivity index (χ3v) is 4.90. The van der Waals surface area contributed by atoms with Crippen molar-refractivity contribution in [2.24, 2.45) is 0 Å². The van der Waals surface area contributed by atoms with E-state index in [0.29, 0.717) is 19.6 Å². The summed E-state index contributed by atoms with van der Waals surface area (Å²) in [4.78, 5) is 6.84. The lowest BCUT2D eigenvalue weighted by Crippen LogP contribution is -2.24. The quantitative estimate of drug-likeness (QED) is 0.630. The minimum absolute atomic E-state index is 0.227. The van der Waals surface area contributed by atoms with E-state index < -0.39 is 6.61 Å². The first kappa shape index (κ1) is 16.5. The van der Waals surface area contributed by atoms with E-state index in [1.165, 1.54) is 0 Å². The van der Waals surface area contributed by atoms with Gasteiger partial charge in [-0.05, 0) is 36.9 Å². The van der Waals surface area contributed by atoms with Gasteiger partial charge in [0.05, 0.1) is 24.1 Å². The maximum absolute atomic E-state index is 12.8. The summed E-state index contributed by atoms with van der Waals surface area (Å²) in [5, 5.41) is 0. The van der Waals surface area contributed by atoms with Crippen molar-refractivity contribution < 1.29 is 13.5 Å². The van der Waals surface area contributed by atoms with Gasteiger partial charge in [0.25, 0.3) is 0 Å². The normalized spacial score (nSPS) is 14.9. The Kier molecular flexibility index (Phi) is 4.21. The average molecular weight is 408 g/mol. The number of imidazole rings is 1. The highest BCUT2D eigenvalue weighted by Crippen LogP contribution is 2.31. The van der Waals surface area contributed by atoms with Crippen molar-refractivity contribution in [1.82, 2.24) is 14.5 Å². The minimum Gasteiger partial charge on any atom is -0.434 e. The fraction of sp³-hybridized carbons (Fsp3) is 0.278. The van der Waals surface area contributed by atoms with Crippen molar-refractivity contribution in [2.75, 3.05) is 7.05 Å². The molecule has 0 radical (unpaired) electrons. The molecule has 4 rings (SSSR count). The van der Waals surface area contributed by atoms with E-state index in [1.807, 2.05) is 31.3 Å². The number of hydrogen-bond donors (Lipinski definition) is 0. The van der Waals surface area contributed by atoms with Crippen LogP contribution in [0.1, 0.15) is 17.0 Å². The van der Waals surface area contributed by atoms with Crippen LogP contribution in [0.4, 0.5) is 8.78 Å². The van der Waals surface area contributed by atoms with Crippen molar-refractivity contribution in [1.29, 1.82) is 0 Å². The molecule has 1 aliphatic heterocycles. The Labute approximate surface area is 152 Å². The van der Waals surface area contributed by atoms with Gasteiger partial charge < -0.3 is 9.30 Å². The van der Waals surface area contributed by atoms with Crippen LogP contribution in [0.5, 0.6) is 5.75 Å². The summed E-state index contributed by atoms with van der Waals surface area (Å²) < 4.78 is 33.5. The molecule has 0 atom stereocenters. The molecule has 25 heavy (non-hydrogen) atoms. The van der Waals surface area contributed by atoms with Crippen molar-refractivity contribution in [3.63, 3.8) is 0 Å². The van der Waals surface area contributed by atoms with Crippen LogP contribution in [0.3, 0.4) is 0 Å². The summed E-state index contributed by atoms with van der Waals surface area (Å²) in [5.41, 5.74) is 3.62. The molecule has 0 unspecified atom stereocenters. The third kappa shape index (κ3) is 3.14. The number of aromatic nitrogens is 2. The molecule has 4 nitrogen and oxygen atoms in total. The zero-order valence-electron chi connectivity index (χ0n) is 13.5. The van der Waals surface area contributed by atoms with E-state index in [9.17, 15) is 8.78 Å². The Bertz CT molecular complexity index is 927. The van der Waals surface area contributed by atoms with Gasteiger partial charge in [0.1, 0.15) is 11.6 Å². The van der Waals surface area contributed by atoms with Crippen LogP contribution in [-0.4, -0.2) is 28.1 Å². The summed E-state index contributed by atoms with van der Waals surface area (Å²) >= 11 is 3.50. The second kappa shape index (κ2) is 6.38. The number of hydrogen-bond acceptors (Lipinski definition) is 3. The highest BCUT2D eigenvalue weighted by atomic mass is 79.9. The highest BCUT2D eigenvalue weighted by Gasteiger charge is 2.22. The Balaban J connectivity index is 1.90. The Morgan fingerprint density at radius 1 is 1.16 bits per heavy atom. The van der Waals surface area contributed by atoms with E-state index in [1.54, 1.807) is 12.1 Å². The zero-order chi connectivity index (χ0) is 17.6. The number of ether oxygens (including phenoxy) is 1. The van der Waals surface area contributed by atoms with Crippen LogP contribution in [0, 0.1) is 0 Å². The molecule has 1 aromatic heterocycles. The van der Waals surface area contributed by atoms with Crippen LogP contribution in [0.15, 0.2) is 40.9 Å². The van der Waals surface area contributed by atoms with Crippen molar-refractivity contribution >= 4 is 27.0 Å². The third-order valence-electron chi connectivity index (χ3n) is 4.40. The summed E-state index contributed by atoms with van der Waals surface area (Å²) in [7, 11) is 2.00. The first-order chi connectivity index (χ1) is 12.0. The predicted octanol–water partition coefficient (Wildman–Crippen LogP) is 4.39. The maximum atomic E-state index is 12.8. The Hall–Kier alpha value is -1.99. The minimum atomic E-state index is -2.84. The molecule has 3 aromatic rings. The van der Waals surface area contributed by atoms with Gasteiger partial charge in [0.2, 0.25) is 0 Å². The fourth-order valence-electron chi connectivity index (χ4n) is 3.33. The van der Waals surface area contributed by atoms with E-state index in [2.05, 4.69) is 25.4 Å².